The van der Waals surface area contributed by atoms with Crippen LogP contribution in [0.25, 0.3) is 16.6 Å². The second-order valence-corrected chi connectivity index (χ2v) is 10.1. The van der Waals surface area contributed by atoms with Gasteiger partial charge in [-0.2, -0.15) is 4.98 Å². The zero-order valence-corrected chi connectivity index (χ0v) is 20.4. The molecule has 1 N–H and O–H groups in total. The van der Waals surface area contributed by atoms with Crippen LogP contribution in [0.15, 0.2) is 69.3 Å². The molecular weight excluding hydrogens is 487 g/mol. The summed E-state index contributed by atoms with van der Waals surface area (Å²) in [7, 11) is -2.55. The van der Waals surface area contributed by atoms with Crippen molar-refractivity contribution >= 4 is 26.4 Å². The maximum Gasteiger partial charge on any atom is 0.281 e. The number of hydrogen-bond acceptors (Lipinski definition) is 7. The lowest BCUT2D eigenvalue weighted by atomic mass is 10.2. The van der Waals surface area contributed by atoms with Gasteiger partial charge in [0.2, 0.25) is 14.9 Å². The molecule has 0 aliphatic heterocycles. The Balaban J connectivity index is 1.56. The molecule has 5 rings (SSSR count). The first-order chi connectivity index (χ1) is 17.2. The molecule has 0 aliphatic rings. The highest BCUT2D eigenvalue weighted by Gasteiger charge is 2.28. The molecule has 0 saturated carbocycles. The molecule has 5 aromatic rings. The van der Waals surface area contributed by atoms with Gasteiger partial charge in [0.05, 0.1) is 22.9 Å². The van der Waals surface area contributed by atoms with E-state index in [4.69, 9.17) is 9.47 Å². The average molecular weight is 509 g/mol. The van der Waals surface area contributed by atoms with Crippen LogP contribution in [0.5, 0.6) is 11.5 Å². The van der Waals surface area contributed by atoms with Gasteiger partial charge in [-0.15, -0.1) is 5.10 Å². The minimum absolute atomic E-state index is 0.0396. The van der Waals surface area contributed by atoms with Crippen molar-refractivity contribution in [1.29, 1.82) is 0 Å². The van der Waals surface area contributed by atoms with Gasteiger partial charge < -0.3 is 9.47 Å². The highest BCUT2D eigenvalue weighted by molar-refractivity contribution is 7.91. The summed E-state index contributed by atoms with van der Waals surface area (Å²) in [5, 5.41) is 6.09. The van der Waals surface area contributed by atoms with E-state index in [1.165, 1.54) is 16.6 Å². The lowest BCUT2D eigenvalue weighted by Gasteiger charge is -2.10. The van der Waals surface area contributed by atoms with E-state index < -0.39 is 26.2 Å². The molecule has 0 unspecified atom stereocenters. The van der Waals surface area contributed by atoms with E-state index in [1.54, 1.807) is 50.4 Å². The predicted molar refractivity (Wildman–Crippen MR) is 130 cm³/mol. The topological polar surface area (TPSA) is 116 Å². The van der Waals surface area contributed by atoms with Crippen LogP contribution >= 0.6 is 0 Å². The zero-order chi connectivity index (χ0) is 25.6. The Hall–Kier alpha value is -4.25. The van der Waals surface area contributed by atoms with Gasteiger partial charge in [-0.1, -0.05) is 29.8 Å². The molecule has 36 heavy (non-hydrogen) atoms. The smallest absolute Gasteiger partial charge is 0.281 e. The number of ether oxygens (including phenoxy) is 2. The lowest BCUT2D eigenvalue weighted by Crippen LogP contribution is -2.13. The lowest BCUT2D eigenvalue weighted by molar-refractivity contribution is 0.290. The van der Waals surface area contributed by atoms with Crippen molar-refractivity contribution < 1.29 is 22.3 Å². The number of nitrogens with one attached hydrogen (secondary N) is 1. The van der Waals surface area contributed by atoms with Gasteiger partial charge in [0.25, 0.3) is 5.56 Å². The van der Waals surface area contributed by atoms with E-state index in [0.29, 0.717) is 11.3 Å². The highest BCUT2D eigenvalue weighted by Crippen LogP contribution is 2.28. The molecule has 0 fully saturated rings. The quantitative estimate of drug-likeness (QED) is 0.371. The molecule has 0 amide bonds. The number of sulfone groups is 1. The third-order valence-corrected chi connectivity index (χ3v) is 7.63. The van der Waals surface area contributed by atoms with Crippen molar-refractivity contribution in [3.8, 4) is 11.5 Å². The summed E-state index contributed by atoms with van der Waals surface area (Å²) in [4.78, 5) is 16.9. The Labute approximate surface area is 205 Å². The van der Waals surface area contributed by atoms with Crippen molar-refractivity contribution in [3.05, 3.63) is 87.5 Å². The second kappa shape index (κ2) is 8.76. The fraction of sp³-hybridized carbons (Fsp3) is 0.160. The van der Waals surface area contributed by atoms with Gasteiger partial charge in [-0.05, 0) is 49.2 Å². The van der Waals surface area contributed by atoms with Crippen molar-refractivity contribution in [1.82, 2.24) is 19.8 Å². The number of nitrogens with zero attached hydrogens (tertiary/aromatic N) is 3. The first-order valence-corrected chi connectivity index (χ1v) is 12.4. The SMILES string of the molecule is COc1ccc(COc2cc3c(=O)nc4c(S(=O)(=O)c5ccc(C)cc5C)n[nH]n4c3cc2F)cc1. The number of H-pyrrole nitrogens is 1. The number of benzene rings is 3. The second-order valence-electron chi connectivity index (χ2n) is 8.30. The molecule has 11 heteroatoms. The van der Waals surface area contributed by atoms with Crippen LogP contribution in [0, 0.1) is 19.7 Å². The number of rotatable bonds is 6. The summed E-state index contributed by atoms with van der Waals surface area (Å²) in [6.45, 7) is 3.59. The molecule has 2 heterocycles. The third kappa shape index (κ3) is 3.97. The van der Waals surface area contributed by atoms with E-state index >= 15 is 0 Å². The van der Waals surface area contributed by atoms with Crippen LogP contribution in [0.1, 0.15) is 16.7 Å². The van der Waals surface area contributed by atoms with Gasteiger partial charge in [-0.3, -0.25) is 4.79 Å². The summed E-state index contributed by atoms with van der Waals surface area (Å²) in [6.07, 6.45) is 0. The number of hydrogen-bond donors (Lipinski definition) is 1. The molecule has 0 radical (unpaired) electrons. The first kappa shape index (κ1) is 23.5. The Bertz CT molecular complexity index is 1790. The summed E-state index contributed by atoms with van der Waals surface area (Å²) in [6, 6.07) is 14.3. The number of aromatic nitrogens is 4. The highest BCUT2D eigenvalue weighted by atomic mass is 32.2. The summed E-state index contributed by atoms with van der Waals surface area (Å²) >= 11 is 0. The van der Waals surface area contributed by atoms with Crippen LogP contribution in [0.2, 0.25) is 0 Å². The normalized spacial score (nSPS) is 11.8. The molecular formula is C25H21FN4O5S. The predicted octanol–water partition coefficient (Wildman–Crippen LogP) is 3.75. The van der Waals surface area contributed by atoms with Gasteiger partial charge in [0.1, 0.15) is 12.4 Å². The van der Waals surface area contributed by atoms with E-state index in [9.17, 15) is 17.6 Å². The van der Waals surface area contributed by atoms with Crippen LogP contribution in [-0.2, 0) is 16.4 Å². The summed E-state index contributed by atoms with van der Waals surface area (Å²) in [5.74, 6) is -0.194. The van der Waals surface area contributed by atoms with Crippen LogP contribution in [0.3, 0.4) is 0 Å². The summed E-state index contributed by atoms with van der Waals surface area (Å²) in [5.41, 5.74) is 1.32. The van der Waals surface area contributed by atoms with Gasteiger partial charge in [-0.25, -0.2) is 22.5 Å². The number of halogens is 1. The van der Waals surface area contributed by atoms with E-state index in [2.05, 4.69) is 15.3 Å². The fourth-order valence-corrected chi connectivity index (χ4v) is 5.47. The monoisotopic (exact) mass is 508 g/mol. The number of aromatic amines is 1. The minimum Gasteiger partial charge on any atom is -0.497 e. The molecule has 0 saturated heterocycles. The van der Waals surface area contributed by atoms with E-state index in [-0.39, 0.29) is 33.8 Å². The van der Waals surface area contributed by atoms with Crippen LogP contribution in [0.4, 0.5) is 4.39 Å². The largest absolute Gasteiger partial charge is 0.497 e. The number of methoxy groups -OCH3 is 1. The Morgan fingerprint density at radius 3 is 2.50 bits per heavy atom. The molecule has 0 aliphatic carbocycles. The molecule has 3 aromatic carbocycles. The molecule has 2 aromatic heterocycles. The van der Waals surface area contributed by atoms with Gasteiger partial charge in [0, 0.05) is 6.07 Å². The zero-order valence-electron chi connectivity index (χ0n) is 19.6. The standard InChI is InChI=1S/C25H21FN4O5S/c1-14-4-9-22(15(2)10-14)36(32,33)25-23-27-24(31)18-11-21(19(26)12-20(18)30(23)29-28-25)35-13-16-5-7-17(34-3)8-6-16/h4-12,29H,13H2,1-3H3. The number of aryl methyl sites for hydroxylation is 2. The summed E-state index contributed by atoms with van der Waals surface area (Å²) < 4.78 is 53.5. The average Bonchev–Trinajstić information content (AvgIpc) is 3.28. The minimum atomic E-state index is -4.11. The molecule has 0 atom stereocenters. The Kier molecular flexibility index (Phi) is 5.71. The van der Waals surface area contributed by atoms with Crippen molar-refractivity contribution in [2.24, 2.45) is 0 Å². The maximum atomic E-state index is 15.0. The van der Waals surface area contributed by atoms with Crippen molar-refractivity contribution in [2.75, 3.05) is 7.11 Å². The molecule has 0 spiro atoms. The third-order valence-electron chi connectivity index (χ3n) is 5.81. The van der Waals surface area contributed by atoms with Gasteiger partial charge >= 0.3 is 0 Å². The van der Waals surface area contributed by atoms with Crippen molar-refractivity contribution in [2.45, 2.75) is 30.4 Å². The molecule has 0 bridgehead atoms. The van der Waals surface area contributed by atoms with E-state index in [1.807, 2.05) is 6.92 Å². The maximum absolute atomic E-state index is 15.0. The molecule has 9 nitrogen and oxygen atoms in total. The number of fused-ring (bicyclic) bond motifs is 3. The van der Waals surface area contributed by atoms with Crippen LogP contribution < -0.4 is 15.0 Å². The first-order valence-electron chi connectivity index (χ1n) is 10.9. The van der Waals surface area contributed by atoms with Crippen molar-refractivity contribution in [3.63, 3.8) is 0 Å². The fourth-order valence-electron chi connectivity index (χ4n) is 3.99. The van der Waals surface area contributed by atoms with E-state index in [0.717, 1.165) is 17.2 Å². The van der Waals surface area contributed by atoms with Crippen LogP contribution in [-0.4, -0.2) is 35.3 Å². The Morgan fingerprint density at radius 2 is 1.81 bits per heavy atom. The molecule has 184 valence electrons. The Morgan fingerprint density at radius 1 is 1.06 bits per heavy atom. The van der Waals surface area contributed by atoms with Gasteiger partial charge in [0.15, 0.2) is 17.2 Å².